The van der Waals surface area contributed by atoms with Crippen LogP contribution in [0.2, 0.25) is 0 Å². The van der Waals surface area contributed by atoms with Gasteiger partial charge in [-0.1, -0.05) is 0 Å². The molecule has 0 aliphatic heterocycles. The first-order chi connectivity index (χ1) is 4.22. The Bertz CT molecular complexity index is 144. The lowest BCUT2D eigenvalue weighted by Crippen LogP contribution is -2.07. The zero-order chi connectivity index (χ0) is 7.28. The first-order valence-corrected chi connectivity index (χ1v) is 3.76. The fourth-order valence-electron chi connectivity index (χ4n) is 0.426. The summed E-state index contributed by atoms with van der Waals surface area (Å²) in [6.07, 6.45) is 3.48. The van der Waals surface area contributed by atoms with Crippen LogP contribution in [0.1, 0.15) is 0 Å². The number of rotatable bonds is 2. The molecule has 0 N–H and O–H groups in total. The van der Waals surface area contributed by atoms with Crippen molar-refractivity contribution in [3.63, 3.8) is 0 Å². The molecule has 0 aromatic heterocycles. The van der Waals surface area contributed by atoms with E-state index in [0.717, 1.165) is 5.03 Å². The van der Waals surface area contributed by atoms with Crippen molar-refractivity contribution in [1.29, 1.82) is 5.26 Å². The summed E-state index contributed by atoms with van der Waals surface area (Å²) in [7, 11) is 3.83. The molecule has 0 unspecified atom stereocenters. The van der Waals surface area contributed by atoms with Gasteiger partial charge in [0.05, 0.1) is 11.1 Å². The summed E-state index contributed by atoms with van der Waals surface area (Å²) < 4.78 is 0. The molecule has 2 nitrogen and oxygen atoms in total. The smallest absolute Gasteiger partial charge is 0.0939 e. The standard InChI is InChI=1S/C6H10N2S/c1-8(2)6(9-3)4-5-7/h4H,1-3H3/b6-4+. The van der Waals surface area contributed by atoms with E-state index in [1.807, 2.05) is 31.3 Å². The Hall–Kier alpha value is -0.620. The summed E-state index contributed by atoms with van der Waals surface area (Å²) in [5.41, 5.74) is 0. The highest BCUT2D eigenvalue weighted by Crippen LogP contribution is 2.11. The number of thioether (sulfide) groups is 1. The summed E-state index contributed by atoms with van der Waals surface area (Å²) in [6, 6.07) is 1.98. The van der Waals surface area contributed by atoms with Crippen LogP contribution < -0.4 is 0 Å². The van der Waals surface area contributed by atoms with Crippen molar-refractivity contribution in [2.24, 2.45) is 0 Å². The second-order valence-electron chi connectivity index (χ2n) is 1.71. The summed E-state index contributed by atoms with van der Waals surface area (Å²) in [5, 5.41) is 9.23. The van der Waals surface area contributed by atoms with E-state index < -0.39 is 0 Å². The lowest BCUT2D eigenvalue weighted by atomic mass is 10.6. The number of hydrogen-bond donors (Lipinski definition) is 0. The topological polar surface area (TPSA) is 27.0 Å². The van der Waals surface area contributed by atoms with E-state index in [1.54, 1.807) is 11.8 Å². The molecule has 0 spiro atoms. The van der Waals surface area contributed by atoms with Gasteiger partial charge in [-0.25, -0.2) is 0 Å². The van der Waals surface area contributed by atoms with Crippen molar-refractivity contribution in [1.82, 2.24) is 4.90 Å². The Morgan fingerprint density at radius 2 is 2.22 bits per heavy atom. The minimum absolute atomic E-state index is 0.984. The molecule has 9 heavy (non-hydrogen) atoms. The van der Waals surface area contributed by atoms with E-state index >= 15 is 0 Å². The average Bonchev–Trinajstić information content (AvgIpc) is 1.82. The van der Waals surface area contributed by atoms with Crippen LogP contribution in [-0.4, -0.2) is 25.3 Å². The summed E-state index contributed by atoms with van der Waals surface area (Å²) in [4.78, 5) is 1.91. The molecule has 3 heteroatoms. The highest BCUT2D eigenvalue weighted by atomic mass is 32.2. The van der Waals surface area contributed by atoms with Gasteiger partial charge in [0, 0.05) is 20.2 Å². The predicted octanol–water partition coefficient (Wildman–Crippen LogP) is 1.28. The van der Waals surface area contributed by atoms with Gasteiger partial charge in [-0.3, -0.25) is 0 Å². The molecule has 0 atom stereocenters. The SMILES string of the molecule is CS/C(=C/C#N)N(C)C. The maximum atomic E-state index is 8.25. The molecule has 0 aliphatic carbocycles. The quantitative estimate of drug-likeness (QED) is 0.543. The molecule has 50 valence electrons. The first kappa shape index (κ1) is 8.38. The Morgan fingerprint density at radius 1 is 1.67 bits per heavy atom. The highest BCUT2D eigenvalue weighted by molar-refractivity contribution is 8.02. The third kappa shape index (κ3) is 3.04. The second kappa shape index (κ2) is 4.28. The van der Waals surface area contributed by atoms with E-state index in [0.29, 0.717) is 0 Å². The van der Waals surface area contributed by atoms with E-state index in [4.69, 9.17) is 5.26 Å². The maximum absolute atomic E-state index is 8.25. The van der Waals surface area contributed by atoms with Crippen molar-refractivity contribution >= 4 is 11.8 Å². The van der Waals surface area contributed by atoms with Gasteiger partial charge in [-0.2, -0.15) is 5.26 Å². The number of nitriles is 1. The third-order valence-corrected chi connectivity index (χ3v) is 1.74. The zero-order valence-corrected chi connectivity index (χ0v) is 6.70. The number of hydrogen-bond acceptors (Lipinski definition) is 3. The molecular formula is C6H10N2S. The Labute approximate surface area is 60.1 Å². The van der Waals surface area contributed by atoms with Gasteiger partial charge in [0.15, 0.2) is 0 Å². The lowest BCUT2D eigenvalue weighted by molar-refractivity contribution is 0.551. The normalized spacial score (nSPS) is 10.7. The molecule has 0 rings (SSSR count). The molecule has 0 radical (unpaired) electrons. The molecule has 0 aromatic rings. The Balaban J connectivity index is 4.02. The molecule has 0 aromatic carbocycles. The lowest BCUT2D eigenvalue weighted by Gasteiger charge is -2.12. The highest BCUT2D eigenvalue weighted by Gasteiger charge is 1.93. The van der Waals surface area contributed by atoms with Crippen LogP contribution in [-0.2, 0) is 0 Å². The third-order valence-electron chi connectivity index (χ3n) is 0.838. The van der Waals surface area contributed by atoms with E-state index in [-0.39, 0.29) is 0 Å². The molecular weight excluding hydrogens is 132 g/mol. The summed E-state index contributed by atoms with van der Waals surface area (Å²) in [6.45, 7) is 0. The van der Waals surface area contributed by atoms with Crippen LogP contribution in [0.4, 0.5) is 0 Å². The summed E-state index contributed by atoms with van der Waals surface area (Å²) >= 11 is 1.57. The fraction of sp³-hybridized carbons (Fsp3) is 0.500. The Kier molecular flexibility index (Phi) is 3.98. The maximum Gasteiger partial charge on any atom is 0.0939 e. The molecule has 0 aliphatic rings. The van der Waals surface area contributed by atoms with Gasteiger partial charge in [-0.15, -0.1) is 11.8 Å². The van der Waals surface area contributed by atoms with Crippen LogP contribution in [0.3, 0.4) is 0 Å². The fourth-order valence-corrected chi connectivity index (χ4v) is 0.962. The minimum atomic E-state index is 0.984. The van der Waals surface area contributed by atoms with Crippen LogP contribution in [0, 0.1) is 11.3 Å². The van der Waals surface area contributed by atoms with Gasteiger partial charge >= 0.3 is 0 Å². The Morgan fingerprint density at radius 3 is 2.33 bits per heavy atom. The van der Waals surface area contributed by atoms with Crippen molar-refractivity contribution in [2.45, 2.75) is 0 Å². The molecule has 0 saturated heterocycles. The van der Waals surface area contributed by atoms with Crippen LogP contribution in [0.5, 0.6) is 0 Å². The van der Waals surface area contributed by atoms with Crippen LogP contribution in [0.25, 0.3) is 0 Å². The van der Waals surface area contributed by atoms with E-state index in [1.165, 1.54) is 6.08 Å². The molecule has 0 bridgehead atoms. The van der Waals surface area contributed by atoms with Crippen molar-refractivity contribution in [3.8, 4) is 6.07 Å². The molecule has 0 fully saturated rings. The van der Waals surface area contributed by atoms with Gasteiger partial charge < -0.3 is 4.90 Å². The monoisotopic (exact) mass is 142 g/mol. The van der Waals surface area contributed by atoms with Gasteiger partial charge in [0.1, 0.15) is 0 Å². The van der Waals surface area contributed by atoms with Crippen molar-refractivity contribution in [2.75, 3.05) is 20.4 Å². The van der Waals surface area contributed by atoms with Crippen molar-refractivity contribution < 1.29 is 0 Å². The predicted molar refractivity (Wildman–Crippen MR) is 40.9 cm³/mol. The first-order valence-electron chi connectivity index (χ1n) is 2.53. The van der Waals surface area contributed by atoms with Gasteiger partial charge in [0.2, 0.25) is 0 Å². The number of nitrogens with zero attached hydrogens (tertiary/aromatic N) is 2. The zero-order valence-electron chi connectivity index (χ0n) is 5.88. The van der Waals surface area contributed by atoms with Crippen LogP contribution >= 0.6 is 11.8 Å². The summed E-state index contributed by atoms with van der Waals surface area (Å²) in [5.74, 6) is 0. The van der Waals surface area contributed by atoms with E-state index in [2.05, 4.69) is 0 Å². The minimum Gasteiger partial charge on any atom is -0.372 e. The second-order valence-corrected chi connectivity index (χ2v) is 2.54. The van der Waals surface area contributed by atoms with Gasteiger partial charge in [0.25, 0.3) is 0 Å². The van der Waals surface area contributed by atoms with E-state index in [9.17, 15) is 0 Å². The molecule has 0 amide bonds. The molecule has 0 saturated carbocycles. The molecule has 0 heterocycles. The van der Waals surface area contributed by atoms with Crippen molar-refractivity contribution in [3.05, 3.63) is 11.1 Å². The largest absolute Gasteiger partial charge is 0.372 e. The van der Waals surface area contributed by atoms with Crippen LogP contribution in [0.15, 0.2) is 11.1 Å². The number of allylic oxidation sites excluding steroid dienone is 1. The van der Waals surface area contributed by atoms with Gasteiger partial charge in [-0.05, 0) is 6.26 Å². The average molecular weight is 142 g/mol.